The van der Waals surface area contributed by atoms with Crippen LogP contribution in [-0.4, -0.2) is 61.2 Å². The number of hydrogen-bond acceptors (Lipinski definition) is 8. The molecule has 0 aliphatic heterocycles. The van der Waals surface area contributed by atoms with E-state index in [0.29, 0.717) is 79.3 Å². The predicted molar refractivity (Wildman–Crippen MR) is 218 cm³/mol. The zero-order valence-electron chi connectivity index (χ0n) is 35.2. The van der Waals surface area contributed by atoms with Gasteiger partial charge in [0.05, 0.1) is 19.8 Å². The fourth-order valence-electron chi connectivity index (χ4n) is 16.2. The third-order valence-electron chi connectivity index (χ3n) is 18.1. The van der Waals surface area contributed by atoms with Gasteiger partial charge >= 0.3 is 17.9 Å². The first-order chi connectivity index (χ1) is 27.3. The Morgan fingerprint density at radius 1 is 0.439 bits per heavy atom. The number of hydrogen-bond donors (Lipinski definition) is 2. The molecule has 0 spiro atoms. The fraction of sp³-hybridized carbons (Fsp3) is 0.816. The average Bonchev–Trinajstić information content (AvgIpc) is 4.05. The minimum Gasteiger partial charge on any atom is -0.462 e. The topological polar surface area (TPSA) is 119 Å². The maximum Gasteiger partial charge on any atom is 0.333 e. The second kappa shape index (κ2) is 16.9. The highest BCUT2D eigenvalue weighted by molar-refractivity contribution is 5.87. The third-order valence-corrected chi connectivity index (χ3v) is 18.1. The Morgan fingerprint density at radius 3 is 1.44 bits per heavy atom. The summed E-state index contributed by atoms with van der Waals surface area (Å²) in [6.45, 7) is 18.5. The van der Waals surface area contributed by atoms with Gasteiger partial charge in [-0.2, -0.15) is 0 Å². The average molecular weight is 789 g/mol. The molecule has 0 aromatic carbocycles. The molecular formula is C49H72O8. The van der Waals surface area contributed by atoms with Crippen LogP contribution in [0, 0.1) is 112 Å². The van der Waals surface area contributed by atoms with Crippen LogP contribution < -0.4 is 0 Å². The first kappa shape index (κ1) is 41.3. The molecule has 0 heterocycles. The van der Waals surface area contributed by atoms with Gasteiger partial charge in [0.2, 0.25) is 0 Å². The van der Waals surface area contributed by atoms with Gasteiger partial charge in [-0.15, -0.1) is 0 Å². The summed E-state index contributed by atoms with van der Waals surface area (Å²) in [5.41, 5.74) is 1.50. The van der Waals surface area contributed by atoms with E-state index in [1.165, 1.54) is 83.5 Å². The van der Waals surface area contributed by atoms with Crippen molar-refractivity contribution in [2.24, 2.45) is 112 Å². The standard InChI is InChI=1S/C17H24O2.2C16H24O3/c1-9(2)17(18)19-8-13-6-12-7-14(13)16-11-4-3-10(5-11)15(12)16;1-9(2)16(18)19-8-10-3-13-11-5-12(7-17)14(6-11)15(13)4-10;1-9(2)16(18)19-8-12-5-11-6-14(12)15-4-10(7-17)3-13(11)15/h10-16H,1,3-8H2,2H3;2*10-15,17H,1,3-8H2,2H3. The molecule has 8 nitrogen and oxygen atoms in total. The van der Waals surface area contributed by atoms with Crippen LogP contribution in [0.1, 0.15) is 104 Å². The molecule has 10 aliphatic carbocycles. The van der Waals surface area contributed by atoms with E-state index in [4.69, 9.17) is 14.2 Å². The summed E-state index contributed by atoms with van der Waals surface area (Å²) in [7, 11) is 0. The molecule has 0 saturated heterocycles. The van der Waals surface area contributed by atoms with Crippen molar-refractivity contribution in [3.05, 3.63) is 36.5 Å². The summed E-state index contributed by atoms with van der Waals surface area (Å²) < 4.78 is 16.1. The van der Waals surface area contributed by atoms with Crippen molar-refractivity contribution in [1.29, 1.82) is 0 Å². The highest BCUT2D eigenvalue weighted by Crippen LogP contribution is 2.69. The summed E-state index contributed by atoms with van der Waals surface area (Å²) in [4.78, 5) is 34.4. The molecule has 8 bridgehead atoms. The zero-order valence-corrected chi connectivity index (χ0v) is 35.2. The molecule has 10 saturated carbocycles. The maximum absolute atomic E-state index is 11.5. The largest absolute Gasteiger partial charge is 0.462 e. The van der Waals surface area contributed by atoms with Gasteiger partial charge in [-0.05, 0) is 217 Å². The van der Waals surface area contributed by atoms with Crippen molar-refractivity contribution in [2.75, 3.05) is 33.0 Å². The lowest BCUT2D eigenvalue weighted by Crippen LogP contribution is -2.34. The molecule has 10 rings (SSSR count). The molecule has 10 fully saturated rings. The van der Waals surface area contributed by atoms with Crippen LogP contribution in [0.2, 0.25) is 0 Å². The van der Waals surface area contributed by atoms with E-state index in [2.05, 4.69) is 19.7 Å². The second-order valence-corrected chi connectivity index (χ2v) is 21.3. The minimum absolute atomic E-state index is 0.202. The van der Waals surface area contributed by atoms with Crippen molar-refractivity contribution < 1.29 is 38.8 Å². The second-order valence-electron chi connectivity index (χ2n) is 21.3. The summed E-state index contributed by atoms with van der Waals surface area (Å²) in [5, 5.41) is 18.8. The predicted octanol–water partition coefficient (Wildman–Crippen LogP) is 8.22. The van der Waals surface area contributed by atoms with E-state index in [9.17, 15) is 24.6 Å². The first-order valence-electron chi connectivity index (χ1n) is 23.0. The maximum atomic E-state index is 11.5. The third kappa shape index (κ3) is 7.98. The molecule has 0 radical (unpaired) electrons. The highest BCUT2D eigenvalue weighted by atomic mass is 16.5. The normalized spacial score (nSPS) is 45.3. The molecule has 19 atom stereocenters. The number of ether oxygens (including phenoxy) is 3. The van der Waals surface area contributed by atoms with Crippen LogP contribution in [0.5, 0.6) is 0 Å². The molecule has 0 aromatic rings. The number of esters is 3. The van der Waals surface area contributed by atoms with Crippen molar-refractivity contribution in [3.63, 3.8) is 0 Å². The number of carbonyl (C=O) groups is 3. The van der Waals surface area contributed by atoms with Crippen LogP contribution >= 0.6 is 0 Å². The van der Waals surface area contributed by atoms with E-state index >= 15 is 0 Å². The van der Waals surface area contributed by atoms with Gasteiger partial charge in [0.1, 0.15) is 0 Å². The Morgan fingerprint density at radius 2 is 0.877 bits per heavy atom. The van der Waals surface area contributed by atoms with Crippen molar-refractivity contribution in [3.8, 4) is 0 Å². The quantitative estimate of drug-likeness (QED) is 0.0931. The molecule has 8 heteroatoms. The van der Waals surface area contributed by atoms with E-state index < -0.39 is 0 Å². The van der Waals surface area contributed by atoms with Gasteiger partial charge in [-0.1, -0.05) is 19.7 Å². The van der Waals surface area contributed by atoms with E-state index in [1.807, 2.05) is 0 Å². The van der Waals surface area contributed by atoms with Crippen molar-refractivity contribution >= 4 is 17.9 Å². The summed E-state index contributed by atoms with van der Waals surface area (Å²) in [6.07, 6.45) is 17.2. The lowest BCUT2D eigenvalue weighted by atomic mass is 9.68. The van der Waals surface area contributed by atoms with Gasteiger partial charge in [-0.25, -0.2) is 14.4 Å². The van der Waals surface area contributed by atoms with Crippen LogP contribution in [0.25, 0.3) is 0 Å². The van der Waals surface area contributed by atoms with Crippen LogP contribution in [0.3, 0.4) is 0 Å². The molecule has 0 amide bonds. The molecule has 2 N–H and O–H groups in total. The van der Waals surface area contributed by atoms with Gasteiger partial charge in [0, 0.05) is 29.9 Å². The van der Waals surface area contributed by atoms with Gasteiger partial charge in [0.15, 0.2) is 0 Å². The molecular weight excluding hydrogens is 717 g/mol. The number of aliphatic hydroxyl groups excluding tert-OH is 2. The highest BCUT2D eigenvalue weighted by Gasteiger charge is 2.62. The zero-order chi connectivity index (χ0) is 40.3. The Labute approximate surface area is 342 Å². The van der Waals surface area contributed by atoms with Crippen LogP contribution in [-0.2, 0) is 28.6 Å². The fourth-order valence-corrected chi connectivity index (χ4v) is 16.2. The van der Waals surface area contributed by atoms with Crippen molar-refractivity contribution in [2.45, 2.75) is 104 Å². The Bertz CT molecular complexity index is 1570. The smallest absolute Gasteiger partial charge is 0.333 e. The SMILES string of the molecule is C=C(C)C(=O)OCC1CC2C3CC(CO)C(C3)C2C1.C=C(C)C(=O)OCC1CC2CC1C1C3CCC(C3)C21.C=C(C)C(=O)OCC1CC2CC1C1CC(CO)CC21. The van der Waals surface area contributed by atoms with Crippen LogP contribution in [0.4, 0.5) is 0 Å². The van der Waals surface area contributed by atoms with Gasteiger partial charge < -0.3 is 24.4 Å². The number of rotatable bonds is 11. The molecule has 57 heavy (non-hydrogen) atoms. The lowest BCUT2D eigenvalue weighted by molar-refractivity contribution is -0.142. The van der Waals surface area contributed by atoms with Crippen LogP contribution in [0.15, 0.2) is 36.5 Å². The van der Waals surface area contributed by atoms with E-state index in [-0.39, 0.29) is 17.9 Å². The molecule has 0 aromatic heterocycles. The summed E-state index contributed by atoms with van der Waals surface area (Å²) in [6, 6.07) is 0. The lowest BCUT2D eigenvalue weighted by Gasteiger charge is -2.38. The van der Waals surface area contributed by atoms with Gasteiger partial charge in [-0.3, -0.25) is 0 Å². The number of carbonyl (C=O) groups excluding carboxylic acids is 3. The number of aliphatic hydroxyl groups is 2. The summed E-state index contributed by atoms with van der Waals surface area (Å²) in [5.74, 6) is 14.4. The molecule has 10 aliphatic rings. The van der Waals surface area contributed by atoms with Gasteiger partial charge in [0.25, 0.3) is 0 Å². The Balaban J connectivity index is 0.000000120. The Hall–Kier alpha value is -2.45. The monoisotopic (exact) mass is 789 g/mol. The number of fused-ring (bicyclic) bond motifs is 19. The Kier molecular flexibility index (Phi) is 12.2. The first-order valence-corrected chi connectivity index (χ1v) is 23.0. The molecule has 19 unspecified atom stereocenters. The van der Waals surface area contributed by atoms with E-state index in [1.54, 1.807) is 20.8 Å². The molecule has 316 valence electrons. The summed E-state index contributed by atoms with van der Waals surface area (Å²) >= 11 is 0. The van der Waals surface area contributed by atoms with Crippen molar-refractivity contribution in [1.82, 2.24) is 0 Å². The minimum atomic E-state index is -0.256. The van der Waals surface area contributed by atoms with E-state index in [0.717, 1.165) is 82.9 Å².